The van der Waals surface area contributed by atoms with Crippen LogP contribution < -0.4 is 14.4 Å². The summed E-state index contributed by atoms with van der Waals surface area (Å²) in [4.78, 5) is 29.3. The van der Waals surface area contributed by atoms with Crippen LogP contribution in [0.5, 0.6) is 5.75 Å². The summed E-state index contributed by atoms with van der Waals surface area (Å²) in [6, 6.07) is 23.9. The van der Waals surface area contributed by atoms with E-state index < -0.39 is 46.1 Å². The number of carbonyl (C=O) groups is 2. The summed E-state index contributed by atoms with van der Waals surface area (Å²) >= 11 is 0. The van der Waals surface area contributed by atoms with E-state index in [1.54, 1.807) is 18.2 Å². The van der Waals surface area contributed by atoms with Gasteiger partial charge < -0.3 is 15.0 Å². The highest BCUT2D eigenvalue weighted by Gasteiger charge is 2.35. The van der Waals surface area contributed by atoms with Crippen molar-refractivity contribution in [3.8, 4) is 5.75 Å². The lowest BCUT2D eigenvalue weighted by atomic mass is 10.0. The van der Waals surface area contributed by atoms with Gasteiger partial charge in [-0.15, -0.1) is 0 Å². The molecule has 2 atom stereocenters. The molecule has 0 aliphatic rings. The first-order valence-corrected chi connectivity index (χ1v) is 16.3. The third kappa shape index (κ3) is 8.48. The van der Waals surface area contributed by atoms with E-state index in [1.165, 1.54) is 66.6 Å². The Hall–Kier alpha value is -4.77. The van der Waals surface area contributed by atoms with Gasteiger partial charge in [0.15, 0.2) is 0 Å². The van der Waals surface area contributed by atoms with Gasteiger partial charge in [0.1, 0.15) is 30.0 Å². The Balaban J connectivity index is 1.81. The molecule has 0 aliphatic heterocycles. The first kappa shape index (κ1) is 34.1. The van der Waals surface area contributed by atoms with E-state index in [0.717, 1.165) is 22.0 Å². The quantitative estimate of drug-likeness (QED) is 0.189. The van der Waals surface area contributed by atoms with Crippen molar-refractivity contribution in [3.63, 3.8) is 0 Å². The number of nitrogens with zero attached hydrogens (tertiary/aromatic N) is 2. The molecule has 0 saturated carbocycles. The molecule has 8 nitrogen and oxygen atoms in total. The molecule has 0 unspecified atom stereocenters. The lowest BCUT2D eigenvalue weighted by molar-refractivity contribution is -0.140. The van der Waals surface area contributed by atoms with Crippen molar-refractivity contribution in [3.05, 3.63) is 126 Å². The van der Waals surface area contributed by atoms with E-state index in [4.69, 9.17) is 4.74 Å². The number of amides is 2. The average Bonchev–Trinajstić information content (AvgIpc) is 3.06. The van der Waals surface area contributed by atoms with Crippen molar-refractivity contribution in [2.75, 3.05) is 18.0 Å². The standard InChI is InChI=1S/C35H37F2N3O5S/c1-4-25(2)38-35(42)33(22-26-10-6-5-7-11-26)39(23-27-12-8-9-13-32(27)37)34(41)24-40(29-16-14-28(36)15-17-29)46(43,44)31-20-18-30(45-3)19-21-31/h5-21,25,33H,4,22-24H2,1-3H3,(H,38,42)/t25-,33+/m0/s1. The van der Waals surface area contributed by atoms with Crippen LogP contribution in [0.25, 0.3) is 0 Å². The summed E-state index contributed by atoms with van der Waals surface area (Å²) in [6.45, 7) is 2.68. The van der Waals surface area contributed by atoms with Gasteiger partial charge in [-0.2, -0.15) is 0 Å². The molecule has 1 N–H and O–H groups in total. The van der Waals surface area contributed by atoms with Crippen LogP contribution in [0, 0.1) is 11.6 Å². The third-order valence-electron chi connectivity index (χ3n) is 7.61. The molecular formula is C35H37F2N3O5S. The molecule has 0 bridgehead atoms. The molecule has 0 saturated heterocycles. The smallest absolute Gasteiger partial charge is 0.264 e. The summed E-state index contributed by atoms with van der Waals surface area (Å²) in [5.41, 5.74) is 0.927. The Bertz CT molecular complexity index is 1720. The zero-order chi connectivity index (χ0) is 33.3. The minimum atomic E-state index is -4.40. The molecule has 242 valence electrons. The van der Waals surface area contributed by atoms with Crippen LogP contribution in [0.4, 0.5) is 14.5 Å². The number of benzene rings is 4. The first-order chi connectivity index (χ1) is 22.0. The molecule has 46 heavy (non-hydrogen) atoms. The minimum absolute atomic E-state index is 0.0278. The minimum Gasteiger partial charge on any atom is -0.497 e. The van der Waals surface area contributed by atoms with Gasteiger partial charge in [0, 0.05) is 24.6 Å². The summed E-state index contributed by atoms with van der Waals surface area (Å²) < 4.78 is 63.0. The van der Waals surface area contributed by atoms with Crippen molar-refractivity contribution in [2.24, 2.45) is 0 Å². The van der Waals surface area contributed by atoms with Crippen LogP contribution in [0.15, 0.2) is 108 Å². The number of nitrogens with one attached hydrogen (secondary N) is 1. The van der Waals surface area contributed by atoms with Gasteiger partial charge in [0.2, 0.25) is 11.8 Å². The second kappa shape index (κ2) is 15.5. The zero-order valence-electron chi connectivity index (χ0n) is 25.9. The fraction of sp³-hybridized carbons (Fsp3) is 0.257. The third-order valence-corrected chi connectivity index (χ3v) is 9.40. The van der Waals surface area contributed by atoms with Crippen molar-refractivity contribution in [2.45, 2.75) is 50.2 Å². The molecule has 0 heterocycles. The molecule has 0 fully saturated rings. The van der Waals surface area contributed by atoms with E-state index in [9.17, 15) is 22.4 Å². The number of ether oxygens (including phenoxy) is 1. The predicted molar refractivity (Wildman–Crippen MR) is 173 cm³/mol. The lowest BCUT2D eigenvalue weighted by Crippen LogP contribution is -2.54. The number of halogens is 2. The Morgan fingerprint density at radius 3 is 2.11 bits per heavy atom. The van der Waals surface area contributed by atoms with Gasteiger partial charge in [0.05, 0.1) is 17.7 Å². The monoisotopic (exact) mass is 649 g/mol. The van der Waals surface area contributed by atoms with Gasteiger partial charge >= 0.3 is 0 Å². The molecule has 4 rings (SSSR count). The maximum Gasteiger partial charge on any atom is 0.264 e. The van der Waals surface area contributed by atoms with Gasteiger partial charge in [0.25, 0.3) is 10.0 Å². The zero-order valence-corrected chi connectivity index (χ0v) is 26.7. The maximum absolute atomic E-state index is 15.0. The summed E-state index contributed by atoms with van der Waals surface area (Å²) in [6.07, 6.45) is 0.717. The Morgan fingerprint density at radius 1 is 0.870 bits per heavy atom. The summed E-state index contributed by atoms with van der Waals surface area (Å²) in [7, 11) is -2.95. The van der Waals surface area contributed by atoms with Crippen molar-refractivity contribution >= 4 is 27.5 Å². The highest BCUT2D eigenvalue weighted by molar-refractivity contribution is 7.92. The highest BCUT2D eigenvalue weighted by Crippen LogP contribution is 2.27. The Kier molecular flexibility index (Phi) is 11.5. The summed E-state index contributed by atoms with van der Waals surface area (Å²) in [5, 5.41) is 2.93. The van der Waals surface area contributed by atoms with Crippen LogP contribution in [-0.4, -0.2) is 50.9 Å². The second-order valence-corrected chi connectivity index (χ2v) is 12.7. The average molecular weight is 650 g/mol. The van der Waals surface area contributed by atoms with Crippen LogP contribution in [0.2, 0.25) is 0 Å². The molecule has 2 amide bonds. The van der Waals surface area contributed by atoms with Gasteiger partial charge in [-0.25, -0.2) is 17.2 Å². The molecule has 0 spiro atoms. The Labute approximate surface area is 268 Å². The van der Waals surface area contributed by atoms with Crippen molar-refractivity contribution < 1.29 is 31.5 Å². The number of hydrogen-bond acceptors (Lipinski definition) is 5. The second-order valence-electron chi connectivity index (χ2n) is 10.8. The normalized spacial score (nSPS) is 12.5. The van der Waals surface area contributed by atoms with E-state index in [-0.39, 0.29) is 35.2 Å². The highest BCUT2D eigenvalue weighted by atomic mass is 32.2. The SMILES string of the molecule is CC[C@H](C)NC(=O)[C@@H](Cc1ccccc1)N(Cc1ccccc1F)C(=O)CN(c1ccc(F)cc1)S(=O)(=O)c1ccc(OC)cc1. The number of hydrogen-bond donors (Lipinski definition) is 1. The van der Waals surface area contributed by atoms with Crippen LogP contribution in [-0.2, 0) is 32.6 Å². The van der Waals surface area contributed by atoms with Crippen molar-refractivity contribution in [1.29, 1.82) is 0 Å². The molecule has 0 radical (unpaired) electrons. The molecule has 4 aromatic rings. The van der Waals surface area contributed by atoms with Gasteiger partial charge in [-0.05, 0) is 73.5 Å². The van der Waals surface area contributed by atoms with Crippen LogP contribution in [0.1, 0.15) is 31.4 Å². The number of methoxy groups -OCH3 is 1. The molecule has 11 heteroatoms. The lowest BCUT2D eigenvalue weighted by Gasteiger charge is -2.34. The Morgan fingerprint density at radius 2 is 1.50 bits per heavy atom. The van der Waals surface area contributed by atoms with Crippen molar-refractivity contribution in [1.82, 2.24) is 10.2 Å². The fourth-order valence-electron chi connectivity index (χ4n) is 4.82. The molecular weight excluding hydrogens is 612 g/mol. The van der Waals surface area contributed by atoms with Gasteiger partial charge in [-0.3, -0.25) is 13.9 Å². The van der Waals surface area contributed by atoms with E-state index in [2.05, 4.69) is 5.32 Å². The maximum atomic E-state index is 15.0. The van der Waals surface area contributed by atoms with Crippen LogP contribution >= 0.6 is 0 Å². The van der Waals surface area contributed by atoms with Crippen LogP contribution in [0.3, 0.4) is 0 Å². The number of rotatable bonds is 14. The molecule has 0 aromatic heterocycles. The predicted octanol–water partition coefficient (Wildman–Crippen LogP) is 5.72. The fourth-order valence-corrected chi connectivity index (χ4v) is 6.23. The van der Waals surface area contributed by atoms with E-state index in [0.29, 0.717) is 12.2 Å². The molecule has 4 aromatic carbocycles. The topological polar surface area (TPSA) is 96.0 Å². The first-order valence-electron chi connectivity index (χ1n) is 14.8. The van der Waals surface area contributed by atoms with E-state index >= 15 is 4.39 Å². The van der Waals surface area contributed by atoms with Gasteiger partial charge in [-0.1, -0.05) is 55.5 Å². The number of carbonyl (C=O) groups excluding carboxylic acids is 2. The largest absolute Gasteiger partial charge is 0.497 e. The number of anilines is 1. The number of sulfonamides is 1. The molecule has 0 aliphatic carbocycles. The van der Waals surface area contributed by atoms with E-state index in [1.807, 2.05) is 32.0 Å². The summed E-state index contributed by atoms with van der Waals surface area (Å²) in [5.74, 6) is -1.97.